The molecule has 1 saturated heterocycles. The minimum absolute atomic E-state index is 0.00639. The predicted molar refractivity (Wildman–Crippen MR) is 129 cm³/mol. The second-order valence-corrected chi connectivity index (χ2v) is 8.81. The molecule has 1 aliphatic heterocycles. The summed E-state index contributed by atoms with van der Waals surface area (Å²) in [4.78, 5) is 14.9. The first-order chi connectivity index (χ1) is 16.5. The highest BCUT2D eigenvalue weighted by Crippen LogP contribution is 2.45. The summed E-state index contributed by atoms with van der Waals surface area (Å²) in [5, 5.41) is 21.7. The number of hydrogen-bond acceptors (Lipinski definition) is 4. The molecule has 0 aromatic heterocycles. The molecule has 0 saturated carbocycles. The maximum absolute atomic E-state index is 13.3. The first-order valence-corrected chi connectivity index (χ1v) is 11.6. The van der Waals surface area contributed by atoms with Crippen LogP contribution >= 0.6 is 0 Å². The summed E-state index contributed by atoms with van der Waals surface area (Å²) in [7, 11) is 1.60. The van der Waals surface area contributed by atoms with E-state index in [0.29, 0.717) is 43.4 Å². The van der Waals surface area contributed by atoms with Crippen molar-refractivity contribution in [1.82, 2.24) is 0 Å². The van der Waals surface area contributed by atoms with Crippen molar-refractivity contribution in [3.63, 3.8) is 0 Å². The maximum atomic E-state index is 13.3. The zero-order valence-electron chi connectivity index (χ0n) is 19.2. The number of aliphatic hydroxyl groups is 1. The number of phenolic OH excluding ortho intramolecular Hbond substituents is 1. The SMILES string of the molecule is COCc1ccc([C@@H]2[C@@H](CC[C@H](O)c3ccc(F)cc3)CCC(=O)N2c2ccccc2)c(O)c1. The summed E-state index contributed by atoms with van der Waals surface area (Å²) in [6, 6.07) is 20.5. The highest BCUT2D eigenvalue weighted by molar-refractivity contribution is 5.95. The van der Waals surface area contributed by atoms with Crippen LogP contribution in [0.2, 0.25) is 0 Å². The number of hydrogen-bond donors (Lipinski definition) is 2. The number of aromatic hydroxyl groups is 1. The zero-order valence-corrected chi connectivity index (χ0v) is 19.2. The van der Waals surface area contributed by atoms with E-state index in [9.17, 15) is 19.4 Å². The van der Waals surface area contributed by atoms with Crippen molar-refractivity contribution in [3.8, 4) is 5.75 Å². The molecule has 0 spiro atoms. The summed E-state index contributed by atoms with van der Waals surface area (Å²) < 4.78 is 18.5. The molecule has 0 radical (unpaired) electrons. The highest BCUT2D eigenvalue weighted by Gasteiger charge is 2.39. The molecule has 0 unspecified atom stereocenters. The predicted octanol–water partition coefficient (Wildman–Crippen LogP) is 5.68. The number of rotatable bonds is 8. The van der Waals surface area contributed by atoms with Crippen LogP contribution in [0, 0.1) is 11.7 Å². The number of amides is 1. The first kappa shape index (κ1) is 23.9. The van der Waals surface area contributed by atoms with Crippen LogP contribution in [0.15, 0.2) is 72.8 Å². The van der Waals surface area contributed by atoms with Gasteiger partial charge in [-0.15, -0.1) is 0 Å². The molecule has 1 aliphatic rings. The Morgan fingerprint density at radius 1 is 1.09 bits per heavy atom. The lowest BCUT2D eigenvalue weighted by Gasteiger charge is -2.42. The van der Waals surface area contributed by atoms with Crippen molar-refractivity contribution in [3.05, 3.63) is 95.3 Å². The number of benzene rings is 3. The van der Waals surface area contributed by atoms with Crippen LogP contribution in [0.25, 0.3) is 0 Å². The van der Waals surface area contributed by atoms with E-state index < -0.39 is 6.10 Å². The Morgan fingerprint density at radius 3 is 2.50 bits per heavy atom. The second-order valence-electron chi connectivity index (χ2n) is 8.81. The quantitative estimate of drug-likeness (QED) is 0.451. The van der Waals surface area contributed by atoms with Gasteiger partial charge in [-0.05, 0) is 66.6 Å². The molecule has 5 nitrogen and oxygen atoms in total. The summed E-state index contributed by atoms with van der Waals surface area (Å²) in [6.07, 6.45) is 1.42. The number of carbonyl (C=O) groups is 1. The van der Waals surface area contributed by atoms with Gasteiger partial charge in [0.1, 0.15) is 11.6 Å². The Balaban J connectivity index is 1.65. The number of methoxy groups -OCH3 is 1. The normalized spacial score (nSPS) is 19.3. The van der Waals surface area contributed by atoms with E-state index >= 15 is 0 Å². The van der Waals surface area contributed by atoms with Crippen LogP contribution in [0.1, 0.15) is 54.5 Å². The van der Waals surface area contributed by atoms with Gasteiger partial charge in [-0.1, -0.05) is 42.5 Å². The van der Waals surface area contributed by atoms with Crippen LogP contribution in [-0.4, -0.2) is 23.2 Å². The average molecular weight is 464 g/mol. The monoisotopic (exact) mass is 463 g/mol. The minimum atomic E-state index is -0.735. The van der Waals surface area contributed by atoms with E-state index in [1.807, 2.05) is 42.5 Å². The topological polar surface area (TPSA) is 70.0 Å². The van der Waals surface area contributed by atoms with Crippen molar-refractivity contribution < 1.29 is 24.1 Å². The molecule has 1 heterocycles. The highest BCUT2D eigenvalue weighted by atomic mass is 19.1. The largest absolute Gasteiger partial charge is 0.508 e. The van der Waals surface area contributed by atoms with Gasteiger partial charge < -0.3 is 19.8 Å². The molecule has 1 amide bonds. The number of phenols is 1. The van der Waals surface area contributed by atoms with Gasteiger partial charge >= 0.3 is 0 Å². The Labute approximate surface area is 199 Å². The molecular weight excluding hydrogens is 433 g/mol. The zero-order chi connectivity index (χ0) is 24.1. The van der Waals surface area contributed by atoms with Gasteiger partial charge in [-0.25, -0.2) is 4.39 Å². The molecule has 1 fully saturated rings. The summed E-state index contributed by atoms with van der Waals surface area (Å²) in [5.41, 5.74) is 2.97. The number of halogens is 1. The van der Waals surface area contributed by atoms with Gasteiger partial charge in [-0.3, -0.25) is 4.79 Å². The third-order valence-corrected chi connectivity index (χ3v) is 6.55. The van der Waals surface area contributed by atoms with Crippen molar-refractivity contribution in [2.45, 2.75) is 44.4 Å². The van der Waals surface area contributed by atoms with Gasteiger partial charge in [0.2, 0.25) is 5.91 Å². The van der Waals surface area contributed by atoms with Crippen LogP contribution in [0.3, 0.4) is 0 Å². The molecule has 3 aromatic rings. The fourth-order valence-electron chi connectivity index (χ4n) is 4.86. The minimum Gasteiger partial charge on any atom is -0.508 e. The van der Waals surface area contributed by atoms with E-state index in [-0.39, 0.29) is 29.4 Å². The Kier molecular flexibility index (Phi) is 7.60. The van der Waals surface area contributed by atoms with Crippen molar-refractivity contribution in [2.75, 3.05) is 12.0 Å². The fourth-order valence-corrected chi connectivity index (χ4v) is 4.86. The molecule has 2 N–H and O–H groups in total. The molecule has 178 valence electrons. The lowest BCUT2D eigenvalue weighted by molar-refractivity contribution is -0.121. The van der Waals surface area contributed by atoms with Crippen LogP contribution < -0.4 is 4.90 Å². The molecule has 0 aliphatic carbocycles. The van der Waals surface area contributed by atoms with Crippen LogP contribution in [0.5, 0.6) is 5.75 Å². The molecule has 3 atom stereocenters. The number of anilines is 1. The summed E-state index contributed by atoms with van der Waals surface area (Å²) in [6.45, 7) is 0.382. The van der Waals surface area contributed by atoms with Gasteiger partial charge in [0.05, 0.1) is 18.8 Å². The number of ether oxygens (including phenoxy) is 1. The van der Waals surface area contributed by atoms with Crippen molar-refractivity contribution in [1.29, 1.82) is 0 Å². The molecular formula is C28H30FNO4. The van der Waals surface area contributed by atoms with Gasteiger partial charge in [0, 0.05) is 24.8 Å². The number of aliphatic hydroxyl groups excluding tert-OH is 1. The van der Waals surface area contributed by atoms with Crippen molar-refractivity contribution >= 4 is 11.6 Å². The number of nitrogens with zero attached hydrogens (tertiary/aromatic N) is 1. The average Bonchev–Trinajstić information content (AvgIpc) is 2.84. The fraction of sp³-hybridized carbons (Fsp3) is 0.321. The third-order valence-electron chi connectivity index (χ3n) is 6.55. The Morgan fingerprint density at radius 2 is 1.82 bits per heavy atom. The lowest BCUT2D eigenvalue weighted by atomic mass is 9.79. The van der Waals surface area contributed by atoms with E-state index in [1.165, 1.54) is 12.1 Å². The standard InChI is InChI=1S/C28H30FNO4/c1-34-18-19-7-14-24(26(32)17-19)28-21(10-15-25(31)20-8-12-22(29)13-9-20)11-16-27(33)30(28)23-5-3-2-4-6-23/h2-9,12-14,17,21,25,28,31-32H,10-11,15-16,18H2,1H3/t21-,25-,28-/m0/s1. The van der Waals surface area contributed by atoms with Gasteiger partial charge in [-0.2, -0.15) is 0 Å². The molecule has 3 aromatic carbocycles. The molecule has 34 heavy (non-hydrogen) atoms. The first-order valence-electron chi connectivity index (χ1n) is 11.6. The van der Waals surface area contributed by atoms with Crippen molar-refractivity contribution in [2.24, 2.45) is 5.92 Å². The molecule has 0 bridgehead atoms. The molecule has 6 heteroatoms. The lowest BCUT2D eigenvalue weighted by Crippen LogP contribution is -2.43. The summed E-state index contributed by atoms with van der Waals surface area (Å²) >= 11 is 0. The Bertz CT molecular complexity index is 1100. The second kappa shape index (κ2) is 10.8. The summed E-state index contributed by atoms with van der Waals surface area (Å²) in [5.74, 6) is -0.189. The smallest absolute Gasteiger partial charge is 0.227 e. The maximum Gasteiger partial charge on any atom is 0.227 e. The van der Waals surface area contributed by atoms with Gasteiger partial charge in [0.15, 0.2) is 0 Å². The number of carbonyl (C=O) groups excluding carboxylic acids is 1. The number of para-hydroxylation sites is 1. The van der Waals surface area contributed by atoms with E-state index in [4.69, 9.17) is 4.74 Å². The Hall–Kier alpha value is -3.22. The molecule has 4 rings (SSSR count). The van der Waals surface area contributed by atoms with Gasteiger partial charge in [0.25, 0.3) is 0 Å². The third kappa shape index (κ3) is 5.29. The van der Waals surface area contributed by atoms with E-state index in [0.717, 1.165) is 11.3 Å². The van der Waals surface area contributed by atoms with E-state index in [1.54, 1.807) is 30.2 Å². The number of piperidine rings is 1. The van der Waals surface area contributed by atoms with Crippen LogP contribution in [-0.2, 0) is 16.1 Å². The van der Waals surface area contributed by atoms with Crippen LogP contribution in [0.4, 0.5) is 10.1 Å². The van der Waals surface area contributed by atoms with E-state index in [2.05, 4.69) is 0 Å².